The van der Waals surface area contributed by atoms with Crippen LogP contribution in [0.1, 0.15) is 46.5 Å². The minimum atomic E-state index is -0.562. The minimum absolute atomic E-state index is 0.0119. The molecule has 17 heavy (non-hydrogen) atoms. The third-order valence-corrected chi connectivity index (χ3v) is 5.73. The van der Waals surface area contributed by atoms with Gasteiger partial charge in [0.15, 0.2) is 0 Å². The summed E-state index contributed by atoms with van der Waals surface area (Å²) in [6.45, 7) is 10.8. The van der Waals surface area contributed by atoms with Crippen LogP contribution in [0.3, 0.4) is 0 Å². The fraction of sp³-hybridized carbons (Fsp3) is 0.867. The summed E-state index contributed by atoms with van der Waals surface area (Å²) in [6.07, 6.45) is 4.50. The number of ether oxygens (including phenoxy) is 1. The molecule has 2 heteroatoms. The van der Waals surface area contributed by atoms with Crippen molar-refractivity contribution in [2.45, 2.75) is 63.8 Å². The molecule has 3 rings (SSSR count). The van der Waals surface area contributed by atoms with E-state index in [0.717, 1.165) is 19.3 Å². The topological polar surface area (TPSA) is 32.8 Å². The van der Waals surface area contributed by atoms with Crippen molar-refractivity contribution < 1.29 is 9.84 Å². The van der Waals surface area contributed by atoms with E-state index in [9.17, 15) is 5.11 Å². The summed E-state index contributed by atoms with van der Waals surface area (Å²) < 4.78 is 6.03. The van der Waals surface area contributed by atoms with Gasteiger partial charge in [-0.3, -0.25) is 0 Å². The molecule has 0 aromatic rings. The smallest absolute Gasteiger partial charge is 0.0950 e. The molecule has 2 saturated carbocycles. The highest BCUT2D eigenvalue weighted by Crippen LogP contribution is 2.59. The highest BCUT2D eigenvalue weighted by Gasteiger charge is 2.66. The molecule has 3 aliphatic rings. The number of hydrogen-bond acceptors (Lipinski definition) is 2. The van der Waals surface area contributed by atoms with Gasteiger partial charge in [-0.05, 0) is 51.4 Å². The Hall–Kier alpha value is -0.340. The molecule has 0 spiro atoms. The first-order valence-corrected chi connectivity index (χ1v) is 6.94. The molecular formula is C15H24O2. The number of fused-ring (bicyclic) bond motifs is 3. The zero-order chi connectivity index (χ0) is 12.4. The summed E-state index contributed by atoms with van der Waals surface area (Å²) in [5, 5.41) is 10.6. The van der Waals surface area contributed by atoms with Gasteiger partial charge in [-0.25, -0.2) is 0 Å². The number of epoxide rings is 1. The number of aliphatic hydroxyl groups is 1. The van der Waals surface area contributed by atoms with Crippen molar-refractivity contribution in [1.82, 2.24) is 0 Å². The second-order valence-corrected chi connectivity index (χ2v) is 6.85. The van der Waals surface area contributed by atoms with Crippen LogP contribution in [0.2, 0.25) is 0 Å². The molecule has 0 amide bonds. The fourth-order valence-corrected chi connectivity index (χ4v) is 4.16. The summed E-state index contributed by atoms with van der Waals surface area (Å²) in [5.41, 5.74) is 0.794. The molecule has 2 aliphatic carbocycles. The summed E-state index contributed by atoms with van der Waals surface area (Å²) in [6, 6.07) is 0. The highest BCUT2D eigenvalue weighted by atomic mass is 16.6. The molecule has 1 N–H and O–H groups in total. The first-order chi connectivity index (χ1) is 7.86. The van der Waals surface area contributed by atoms with Crippen molar-refractivity contribution >= 4 is 0 Å². The van der Waals surface area contributed by atoms with Gasteiger partial charge in [-0.1, -0.05) is 19.1 Å². The van der Waals surface area contributed by atoms with E-state index in [1.54, 1.807) is 0 Å². The van der Waals surface area contributed by atoms with Gasteiger partial charge in [-0.2, -0.15) is 0 Å². The van der Waals surface area contributed by atoms with E-state index >= 15 is 0 Å². The van der Waals surface area contributed by atoms with Crippen LogP contribution in [0.15, 0.2) is 12.2 Å². The van der Waals surface area contributed by atoms with Crippen molar-refractivity contribution in [1.29, 1.82) is 0 Å². The number of rotatable bonds is 0. The van der Waals surface area contributed by atoms with E-state index in [-0.39, 0.29) is 17.6 Å². The molecular weight excluding hydrogens is 212 g/mol. The number of allylic oxidation sites excluding steroid dienone is 1. The maximum absolute atomic E-state index is 10.6. The molecule has 3 fully saturated rings. The predicted octanol–water partition coefficient (Wildman–Crippen LogP) is 2.91. The van der Waals surface area contributed by atoms with Crippen molar-refractivity contribution in [2.75, 3.05) is 0 Å². The van der Waals surface area contributed by atoms with E-state index in [4.69, 9.17) is 4.74 Å². The summed E-state index contributed by atoms with van der Waals surface area (Å²) >= 11 is 0. The molecule has 0 radical (unpaired) electrons. The SMILES string of the molecule is C=C1CCC(C)C2(C)OC2C2C1CCC2(C)O. The monoisotopic (exact) mass is 236 g/mol. The van der Waals surface area contributed by atoms with Crippen molar-refractivity contribution in [3.05, 3.63) is 12.2 Å². The lowest BCUT2D eigenvalue weighted by Gasteiger charge is -2.33. The Kier molecular flexibility index (Phi) is 2.32. The van der Waals surface area contributed by atoms with Crippen LogP contribution in [-0.2, 0) is 4.74 Å². The van der Waals surface area contributed by atoms with Gasteiger partial charge in [0, 0.05) is 5.92 Å². The standard InChI is InChI=1S/C15H24O2/c1-9-5-6-10(2)15(4)13(17-15)12-11(9)7-8-14(12,3)16/h10-13,16H,1,5-8H2,2-4H3. The normalized spacial score (nSPS) is 58.0. The minimum Gasteiger partial charge on any atom is -0.390 e. The molecule has 2 nitrogen and oxygen atoms in total. The molecule has 1 saturated heterocycles. The maximum atomic E-state index is 10.6. The third kappa shape index (κ3) is 1.53. The fourth-order valence-electron chi connectivity index (χ4n) is 4.16. The van der Waals surface area contributed by atoms with Gasteiger partial charge in [0.1, 0.15) is 0 Å². The Labute approximate surface area is 104 Å². The van der Waals surface area contributed by atoms with Crippen molar-refractivity contribution in [3.8, 4) is 0 Å². The lowest BCUT2D eigenvalue weighted by Crippen LogP contribution is -2.40. The average Bonchev–Trinajstić information content (AvgIpc) is 2.80. The Morgan fingerprint density at radius 3 is 2.76 bits per heavy atom. The lowest BCUT2D eigenvalue weighted by atomic mass is 9.71. The van der Waals surface area contributed by atoms with Gasteiger partial charge in [-0.15, -0.1) is 0 Å². The largest absolute Gasteiger partial charge is 0.390 e. The van der Waals surface area contributed by atoms with Crippen LogP contribution in [-0.4, -0.2) is 22.4 Å². The third-order valence-electron chi connectivity index (χ3n) is 5.73. The molecule has 96 valence electrons. The van der Waals surface area contributed by atoms with Crippen LogP contribution < -0.4 is 0 Å². The molecule has 0 aromatic carbocycles. The Bertz CT molecular complexity index is 360. The van der Waals surface area contributed by atoms with Crippen molar-refractivity contribution in [2.24, 2.45) is 17.8 Å². The quantitative estimate of drug-likeness (QED) is 0.518. The Morgan fingerprint density at radius 2 is 2.06 bits per heavy atom. The summed E-state index contributed by atoms with van der Waals surface area (Å²) in [7, 11) is 0. The number of hydrogen-bond donors (Lipinski definition) is 1. The van der Waals surface area contributed by atoms with Crippen LogP contribution in [0, 0.1) is 17.8 Å². The second-order valence-electron chi connectivity index (χ2n) is 6.85. The Balaban J connectivity index is 1.95. The maximum Gasteiger partial charge on any atom is 0.0950 e. The van der Waals surface area contributed by atoms with Gasteiger partial charge < -0.3 is 9.84 Å². The predicted molar refractivity (Wildman–Crippen MR) is 67.7 cm³/mol. The first-order valence-electron chi connectivity index (χ1n) is 6.94. The molecule has 1 aliphatic heterocycles. The van der Waals surface area contributed by atoms with Crippen LogP contribution in [0.4, 0.5) is 0 Å². The van der Waals surface area contributed by atoms with E-state index in [1.165, 1.54) is 12.0 Å². The molecule has 1 heterocycles. The second kappa shape index (κ2) is 3.36. The lowest BCUT2D eigenvalue weighted by molar-refractivity contribution is 0.00119. The first kappa shape index (κ1) is 11.7. The van der Waals surface area contributed by atoms with Gasteiger partial charge in [0.25, 0.3) is 0 Å². The van der Waals surface area contributed by atoms with Gasteiger partial charge in [0.2, 0.25) is 0 Å². The molecule has 6 atom stereocenters. The molecule has 6 unspecified atom stereocenters. The zero-order valence-electron chi connectivity index (χ0n) is 11.2. The Morgan fingerprint density at radius 1 is 1.35 bits per heavy atom. The van der Waals surface area contributed by atoms with Crippen LogP contribution >= 0.6 is 0 Å². The summed E-state index contributed by atoms with van der Waals surface area (Å²) in [5.74, 6) is 1.31. The zero-order valence-corrected chi connectivity index (χ0v) is 11.2. The molecule has 0 aromatic heterocycles. The van der Waals surface area contributed by atoms with Gasteiger partial charge in [0.05, 0.1) is 17.3 Å². The van der Waals surface area contributed by atoms with E-state index in [2.05, 4.69) is 20.4 Å². The average molecular weight is 236 g/mol. The highest BCUT2D eigenvalue weighted by molar-refractivity contribution is 5.21. The van der Waals surface area contributed by atoms with Gasteiger partial charge >= 0.3 is 0 Å². The van der Waals surface area contributed by atoms with E-state index < -0.39 is 5.60 Å². The van der Waals surface area contributed by atoms with Crippen LogP contribution in [0.25, 0.3) is 0 Å². The van der Waals surface area contributed by atoms with E-state index in [1.807, 2.05) is 6.92 Å². The summed E-state index contributed by atoms with van der Waals surface area (Å²) in [4.78, 5) is 0. The van der Waals surface area contributed by atoms with E-state index in [0.29, 0.717) is 11.8 Å². The molecule has 0 bridgehead atoms. The van der Waals surface area contributed by atoms with Crippen LogP contribution in [0.5, 0.6) is 0 Å². The van der Waals surface area contributed by atoms with Crippen molar-refractivity contribution in [3.63, 3.8) is 0 Å².